The minimum atomic E-state index is -0.0732. The van der Waals surface area contributed by atoms with E-state index in [1.807, 2.05) is 6.92 Å². The van der Waals surface area contributed by atoms with Crippen LogP contribution in [0.25, 0.3) is 0 Å². The van der Waals surface area contributed by atoms with Crippen LogP contribution >= 0.6 is 11.8 Å². The molecule has 0 aromatic carbocycles. The lowest BCUT2D eigenvalue weighted by molar-refractivity contribution is -0.123. The fourth-order valence-electron chi connectivity index (χ4n) is 2.73. The van der Waals surface area contributed by atoms with Crippen LogP contribution < -0.4 is 10.6 Å². The van der Waals surface area contributed by atoms with Crippen LogP contribution in [0.2, 0.25) is 0 Å². The smallest absolute Gasteiger partial charge is 0.237 e. The minimum absolute atomic E-state index is 0.0732. The first kappa shape index (κ1) is 16.8. The van der Waals surface area contributed by atoms with Gasteiger partial charge in [0.2, 0.25) is 5.91 Å². The Kier molecular flexibility index (Phi) is 7.84. The molecule has 1 rings (SSSR count). The van der Waals surface area contributed by atoms with Gasteiger partial charge >= 0.3 is 0 Å². The molecule has 0 spiro atoms. The van der Waals surface area contributed by atoms with E-state index in [0.29, 0.717) is 12.1 Å². The summed E-state index contributed by atoms with van der Waals surface area (Å²) in [6.45, 7) is 8.45. The Bertz CT molecular complexity index is 269. The highest BCUT2D eigenvalue weighted by molar-refractivity contribution is 7.99. The Morgan fingerprint density at radius 1 is 1.26 bits per heavy atom. The maximum absolute atomic E-state index is 12.1. The van der Waals surface area contributed by atoms with Gasteiger partial charge in [-0.05, 0) is 44.8 Å². The second kappa shape index (κ2) is 8.85. The number of carbonyl (C=O) groups is 1. The Labute approximate surface area is 122 Å². The van der Waals surface area contributed by atoms with E-state index in [-0.39, 0.29) is 11.9 Å². The summed E-state index contributed by atoms with van der Waals surface area (Å²) in [5.41, 5.74) is 0. The summed E-state index contributed by atoms with van der Waals surface area (Å²) in [5, 5.41) is 7.40. The number of nitrogens with one attached hydrogen (secondary N) is 2. The van der Waals surface area contributed by atoms with Crippen molar-refractivity contribution in [1.82, 2.24) is 10.6 Å². The predicted molar refractivity (Wildman–Crippen MR) is 84.7 cm³/mol. The number of hydrogen-bond donors (Lipinski definition) is 2. The molecule has 1 saturated carbocycles. The molecule has 0 bridgehead atoms. The van der Waals surface area contributed by atoms with Gasteiger partial charge < -0.3 is 10.6 Å². The van der Waals surface area contributed by atoms with Crippen LogP contribution in [-0.4, -0.2) is 35.0 Å². The average Bonchev–Trinajstić information content (AvgIpc) is 2.83. The zero-order valence-electron chi connectivity index (χ0n) is 12.9. The highest BCUT2D eigenvalue weighted by Crippen LogP contribution is 2.29. The lowest BCUT2D eigenvalue weighted by atomic mass is 10.1. The van der Waals surface area contributed by atoms with E-state index in [9.17, 15) is 4.79 Å². The highest BCUT2D eigenvalue weighted by atomic mass is 32.2. The van der Waals surface area contributed by atoms with Crippen LogP contribution in [0.15, 0.2) is 0 Å². The summed E-state index contributed by atoms with van der Waals surface area (Å²) in [7, 11) is 0. The second-order valence-corrected chi connectivity index (χ2v) is 7.08. The van der Waals surface area contributed by atoms with E-state index in [1.165, 1.54) is 25.0 Å². The van der Waals surface area contributed by atoms with Gasteiger partial charge in [-0.1, -0.05) is 20.8 Å². The quantitative estimate of drug-likeness (QED) is 0.721. The molecule has 0 heterocycles. The third-order valence-corrected chi connectivity index (χ3v) is 5.23. The Hall–Kier alpha value is -0.220. The SMILES string of the molecule is CCSC1CCC(NC(C)C(=O)NC(CC)CC)C1. The van der Waals surface area contributed by atoms with Gasteiger partial charge in [0.25, 0.3) is 0 Å². The van der Waals surface area contributed by atoms with Crippen LogP contribution in [0.4, 0.5) is 0 Å². The monoisotopic (exact) mass is 286 g/mol. The summed E-state index contributed by atoms with van der Waals surface area (Å²) in [6, 6.07) is 0.770. The normalized spacial score (nSPS) is 24.7. The molecule has 3 atom stereocenters. The van der Waals surface area contributed by atoms with Crippen LogP contribution in [0.5, 0.6) is 0 Å². The minimum Gasteiger partial charge on any atom is -0.352 e. The van der Waals surface area contributed by atoms with Gasteiger partial charge in [0.1, 0.15) is 0 Å². The number of carbonyl (C=O) groups excluding carboxylic acids is 1. The first-order chi connectivity index (χ1) is 9.10. The lowest BCUT2D eigenvalue weighted by Gasteiger charge is -2.22. The van der Waals surface area contributed by atoms with Crippen molar-refractivity contribution in [2.75, 3.05) is 5.75 Å². The van der Waals surface area contributed by atoms with Gasteiger partial charge in [-0.2, -0.15) is 11.8 Å². The third kappa shape index (κ3) is 5.74. The molecule has 112 valence electrons. The van der Waals surface area contributed by atoms with Gasteiger partial charge in [0.15, 0.2) is 0 Å². The van der Waals surface area contributed by atoms with Crippen LogP contribution in [-0.2, 0) is 4.79 Å². The second-order valence-electron chi connectivity index (χ2n) is 5.50. The highest BCUT2D eigenvalue weighted by Gasteiger charge is 2.27. The van der Waals surface area contributed by atoms with Crippen molar-refractivity contribution in [3.63, 3.8) is 0 Å². The summed E-state index contributed by atoms with van der Waals surface area (Å²) in [4.78, 5) is 12.1. The number of amides is 1. The molecule has 19 heavy (non-hydrogen) atoms. The zero-order chi connectivity index (χ0) is 14.3. The van der Waals surface area contributed by atoms with Crippen molar-refractivity contribution < 1.29 is 4.79 Å². The molecule has 3 unspecified atom stereocenters. The molecular formula is C15H30N2OS. The maximum Gasteiger partial charge on any atom is 0.237 e. The maximum atomic E-state index is 12.1. The molecular weight excluding hydrogens is 256 g/mol. The molecule has 0 aromatic heterocycles. The fourth-order valence-corrected chi connectivity index (χ4v) is 3.87. The number of hydrogen-bond acceptors (Lipinski definition) is 3. The summed E-state index contributed by atoms with van der Waals surface area (Å²) in [5.74, 6) is 1.35. The molecule has 1 aliphatic rings. The predicted octanol–water partition coefficient (Wildman–Crippen LogP) is 2.94. The Morgan fingerprint density at radius 3 is 2.53 bits per heavy atom. The van der Waals surface area contributed by atoms with Crippen molar-refractivity contribution in [3.05, 3.63) is 0 Å². The van der Waals surface area contributed by atoms with Crippen LogP contribution in [0, 0.1) is 0 Å². The standard InChI is InChI=1S/C15H30N2OS/c1-5-12(6-2)17-15(18)11(4)16-13-8-9-14(10-13)19-7-3/h11-14,16H,5-10H2,1-4H3,(H,17,18). The third-order valence-electron chi connectivity index (χ3n) is 4.00. The van der Waals surface area contributed by atoms with Crippen LogP contribution in [0.1, 0.15) is 59.8 Å². The fraction of sp³-hybridized carbons (Fsp3) is 0.933. The molecule has 2 N–H and O–H groups in total. The molecule has 0 radical (unpaired) electrons. The van der Waals surface area contributed by atoms with E-state index in [1.54, 1.807) is 0 Å². The Morgan fingerprint density at radius 2 is 1.95 bits per heavy atom. The summed E-state index contributed by atoms with van der Waals surface area (Å²) >= 11 is 2.06. The molecule has 1 amide bonds. The van der Waals surface area contributed by atoms with Crippen molar-refractivity contribution >= 4 is 17.7 Å². The largest absolute Gasteiger partial charge is 0.352 e. The van der Waals surface area contributed by atoms with Crippen molar-refractivity contribution in [1.29, 1.82) is 0 Å². The molecule has 0 saturated heterocycles. The Balaban J connectivity index is 2.30. The number of thioether (sulfide) groups is 1. The van der Waals surface area contributed by atoms with Crippen molar-refractivity contribution in [2.45, 2.75) is 83.2 Å². The summed E-state index contributed by atoms with van der Waals surface area (Å²) in [6.07, 6.45) is 5.72. The molecule has 4 heteroatoms. The van der Waals surface area contributed by atoms with E-state index < -0.39 is 0 Å². The van der Waals surface area contributed by atoms with Gasteiger partial charge in [-0.15, -0.1) is 0 Å². The first-order valence-electron chi connectivity index (χ1n) is 7.78. The van der Waals surface area contributed by atoms with Gasteiger partial charge in [-0.3, -0.25) is 4.79 Å². The summed E-state index contributed by atoms with van der Waals surface area (Å²) < 4.78 is 0. The molecule has 0 aliphatic heterocycles. The van der Waals surface area contributed by atoms with Gasteiger partial charge in [0.05, 0.1) is 6.04 Å². The number of rotatable bonds is 8. The van der Waals surface area contributed by atoms with E-state index >= 15 is 0 Å². The molecule has 1 fully saturated rings. The van der Waals surface area contributed by atoms with Crippen molar-refractivity contribution in [2.24, 2.45) is 0 Å². The van der Waals surface area contributed by atoms with Crippen molar-refractivity contribution in [3.8, 4) is 0 Å². The molecule has 3 nitrogen and oxygen atoms in total. The average molecular weight is 286 g/mol. The van der Waals surface area contributed by atoms with E-state index in [2.05, 4.69) is 43.2 Å². The topological polar surface area (TPSA) is 41.1 Å². The lowest BCUT2D eigenvalue weighted by Crippen LogP contribution is -2.48. The van der Waals surface area contributed by atoms with Crippen LogP contribution in [0.3, 0.4) is 0 Å². The first-order valence-corrected chi connectivity index (χ1v) is 8.83. The van der Waals surface area contributed by atoms with E-state index in [4.69, 9.17) is 0 Å². The van der Waals surface area contributed by atoms with E-state index in [0.717, 1.165) is 18.1 Å². The van der Waals surface area contributed by atoms with Gasteiger partial charge in [-0.25, -0.2) is 0 Å². The zero-order valence-corrected chi connectivity index (χ0v) is 13.7. The van der Waals surface area contributed by atoms with Gasteiger partial charge in [0, 0.05) is 17.3 Å². The molecule has 0 aromatic rings. The molecule has 1 aliphatic carbocycles.